The van der Waals surface area contributed by atoms with Crippen molar-refractivity contribution in [2.45, 2.75) is 19.6 Å². The summed E-state index contributed by atoms with van der Waals surface area (Å²) in [5.74, 6) is 1.40. The molecule has 0 atom stereocenters. The first-order valence-electron chi connectivity index (χ1n) is 11.7. The predicted molar refractivity (Wildman–Crippen MR) is 143 cm³/mol. The lowest BCUT2D eigenvalue weighted by molar-refractivity contribution is 0.414. The second-order valence-corrected chi connectivity index (χ2v) is 8.92. The summed E-state index contributed by atoms with van der Waals surface area (Å²) < 4.78 is 14.9. The van der Waals surface area contributed by atoms with Crippen LogP contribution < -0.4 is 20.7 Å². The Balaban J connectivity index is 1.68. The minimum Gasteiger partial charge on any atom is -0.497 e. The van der Waals surface area contributed by atoms with Crippen molar-refractivity contribution in [2.24, 2.45) is 0 Å². The van der Waals surface area contributed by atoms with Gasteiger partial charge in [-0.15, -0.1) is 0 Å². The molecule has 5 rings (SSSR count). The lowest BCUT2D eigenvalue weighted by Gasteiger charge is -2.13. The van der Waals surface area contributed by atoms with Crippen LogP contribution in [0.1, 0.15) is 16.7 Å². The van der Waals surface area contributed by atoms with Gasteiger partial charge in [-0.3, -0.25) is 13.9 Å². The molecule has 0 saturated carbocycles. The number of ether oxygens (including phenoxy) is 2. The SMILES string of the molecule is COc1ccc(Cn2c(=O)c3c(nc(Cl)n3Cc3ccccc3)n(Cc3ccc(OC)cc3)c2=O)cc1. The number of hydrogen-bond acceptors (Lipinski definition) is 5. The molecule has 0 N–H and O–H groups in total. The van der Waals surface area contributed by atoms with Crippen molar-refractivity contribution >= 4 is 22.8 Å². The van der Waals surface area contributed by atoms with Crippen molar-refractivity contribution in [2.75, 3.05) is 14.2 Å². The molecule has 0 bridgehead atoms. The largest absolute Gasteiger partial charge is 0.497 e. The minimum absolute atomic E-state index is 0.0916. The Labute approximate surface area is 217 Å². The monoisotopic (exact) mass is 516 g/mol. The van der Waals surface area contributed by atoms with Gasteiger partial charge in [0, 0.05) is 0 Å². The summed E-state index contributed by atoms with van der Waals surface area (Å²) in [5, 5.41) is 0.140. The molecule has 37 heavy (non-hydrogen) atoms. The Hall–Kier alpha value is -4.30. The second kappa shape index (κ2) is 10.4. The molecule has 0 spiro atoms. The van der Waals surface area contributed by atoms with Crippen LogP contribution in [0.5, 0.6) is 11.5 Å². The minimum atomic E-state index is -0.467. The molecular formula is C28H25ClN4O4. The standard InChI is InChI=1S/C28H25ClN4O4/c1-36-22-12-8-20(9-13-22)17-32-25-24(31(27(29)30-25)16-19-6-4-3-5-7-19)26(34)33(28(32)35)18-21-10-14-23(37-2)15-11-21/h3-15H,16-18H2,1-2H3. The molecule has 0 aliphatic heterocycles. The molecule has 0 fully saturated rings. The Morgan fingerprint density at radius 3 is 1.70 bits per heavy atom. The lowest BCUT2D eigenvalue weighted by atomic mass is 10.2. The van der Waals surface area contributed by atoms with Crippen molar-refractivity contribution in [3.8, 4) is 11.5 Å². The Kier molecular flexibility index (Phi) is 6.83. The Bertz CT molecular complexity index is 1650. The van der Waals surface area contributed by atoms with E-state index in [1.807, 2.05) is 66.7 Å². The molecular weight excluding hydrogens is 492 g/mol. The van der Waals surface area contributed by atoms with E-state index in [0.29, 0.717) is 18.0 Å². The average Bonchev–Trinajstić information content (AvgIpc) is 3.25. The number of halogens is 1. The van der Waals surface area contributed by atoms with E-state index in [1.54, 1.807) is 30.9 Å². The van der Waals surface area contributed by atoms with Gasteiger partial charge in [0.2, 0.25) is 5.28 Å². The van der Waals surface area contributed by atoms with Crippen LogP contribution in [0.25, 0.3) is 11.2 Å². The van der Waals surface area contributed by atoms with Crippen molar-refractivity contribution < 1.29 is 9.47 Å². The van der Waals surface area contributed by atoms with Crippen LogP contribution in [0.2, 0.25) is 5.28 Å². The van der Waals surface area contributed by atoms with Gasteiger partial charge < -0.3 is 14.0 Å². The summed E-state index contributed by atoms with van der Waals surface area (Å²) >= 11 is 6.56. The maximum absolute atomic E-state index is 13.8. The molecule has 2 aromatic heterocycles. The summed E-state index contributed by atoms with van der Waals surface area (Å²) in [6.45, 7) is 0.643. The van der Waals surface area contributed by atoms with E-state index < -0.39 is 11.2 Å². The number of fused-ring (bicyclic) bond motifs is 1. The zero-order valence-electron chi connectivity index (χ0n) is 20.4. The highest BCUT2D eigenvalue weighted by molar-refractivity contribution is 6.29. The zero-order valence-corrected chi connectivity index (χ0v) is 21.2. The number of methoxy groups -OCH3 is 2. The summed E-state index contributed by atoms with van der Waals surface area (Å²) in [7, 11) is 3.18. The molecule has 0 aliphatic rings. The highest BCUT2D eigenvalue weighted by atomic mass is 35.5. The van der Waals surface area contributed by atoms with Gasteiger partial charge in [-0.2, -0.15) is 4.98 Å². The first-order valence-corrected chi connectivity index (χ1v) is 12.1. The normalized spacial score (nSPS) is 11.1. The molecule has 0 saturated heterocycles. The molecule has 3 aromatic carbocycles. The summed E-state index contributed by atoms with van der Waals surface area (Å²) in [6.07, 6.45) is 0. The fourth-order valence-corrected chi connectivity index (χ4v) is 4.51. The maximum atomic E-state index is 13.8. The van der Waals surface area contributed by atoms with E-state index in [9.17, 15) is 9.59 Å². The maximum Gasteiger partial charge on any atom is 0.333 e. The van der Waals surface area contributed by atoms with Crippen molar-refractivity contribution in [3.63, 3.8) is 0 Å². The van der Waals surface area contributed by atoms with E-state index >= 15 is 0 Å². The number of hydrogen-bond donors (Lipinski definition) is 0. The Morgan fingerprint density at radius 2 is 1.16 bits per heavy atom. The first kappa shape index (κ1) is 24.4. The molecule has 0 amide bonds. The smallest absolute Gasteiger partial charge is 0.333 e. The molecule has 0 unspecified atom stereocenters. The van der Waals surface area contributed by atoms with Crippen LogP contribution in [-0.4, -0.2) is 32.9 Å². The van der Waals surface area contributed by atoms with Crippen molar-refractivity contribution in [3.05, 3.63) is 122 Å². The van der Waals surface area contributed by atoms with Gasteiger partial charge in [-0.1, -0.05) is 54.6 Å². The van der Waals surface area contributed by atoms with E-state index in [-0.39, 0.29) is 29.5 Å². The van der Waals surface area contributed by atoms with Gasteiger partial charge in [-0.05, 0) is 52.6 Å². The van der Waals surface area contributed by atoms with Crippen molar-refractivity contribution in [1.82, 2.24) is 18.7 Å². The highest BCUT2D eigenvalue weighted by Gasteiger charge is 2.21. The lowest BCUT2D eigenvalue weighted by Crippen LogP contribution is -2.41. The van der Waals surface area contributed by atoms with Gasteiger partial charge in [-0.25, -0.2) is 4.79 Å². The quantitative estimate of drug-likeness (QED) is 0.289. The van der Waals surface area contributed by atoms with Crippen LogP contribution in [0.3, 0.4) is 0 Å². The number of benzene rings is 3. The fourth-order valence-electron chi connectivity index (χ4n) is 4.28. The number of nitrogens with zero attached hydrogens (tertiary/aromatic N) is 4. The zero-order chi connectivity index (χ0) is 25.9. The number of rotatable bonds is 8. The first-order chi connectivity index (χ1) is 18.0. The van der Waals surface area contributed by atoms with E-state index in [1.165, 1.54) is 9.13 Å². The molecule has 5 aromatic rings. The van der Waals surface area contributed by atoms with Gasteiger partial charge in [0.25, 0.3) is 5.56 Å². The van der Waals surface area contributed by atoms with Crippen LogP contribution in [-0.2, 0) is 19.6 Å². The van der Waals surface area contributed by atoms with Gasteiger partial charge in [0.15, 0.2) is 11.2 Å². The third-order valence-corrected chi connectivity index (χ3v) is 6.54. The molecule has 0 radical (unpaired) electrons. The fraction of sp³-hybridized carbons (Fsp3) is 0.179. The van der Waals surface area contributed by atoms with E-state index in [4.69, 9.17) is 21.1 Å². The third kappa shape index (κ3) is 4.88. The van der Waals surface area contributed by atoms with Gasteiger partial charge >= 0.3 is 5.69 Å². The molecule has 2 heterocycles. The van der Waals surface area contributed by atoms with Crippen LogP contribution in [0, 0.1) is 0 Å². The third-order valence-electron chi connectivity index (χ3n) is 6.25. The summed E-state index contributed by atoms with van der Waals surface area (Å²) in [5.41, 5.74) is 2.20. The topological polar surface area (TPSA) is 80.3 Å². The van der Waals surface area contributed by atoms with Gasteiger partial charge in [0.05, 0.1) is 33.9 Å². The summed E-state index contributed by atoms with van der Waals surface area (Å²) in [4.78, 5) is 32.0. The highest BCUT2D eigenvalue weighted by Crippen LogP contribution is 2.20. The van der Waals surface area contributed by atoms with Crippen LogP contribution >= 0.6 is 11.6 Å². The molecule has 9 heteroatoms. The van der Waals surface area contributed by atoms with E-state index in [0.717, 1.165) is 16.7 Å². The number of imidazole rings is 1. The van der Waals surface area contributed by atoms with E-state index in [2.05, 4.69) is 4.98 Å². The molecule has 8 nitrogen and oxygen atoms in total. The van der Waals surface area contributed by atoms with Crippen molar-refractivity contribution in [1.29, 1.82) is 0 Å². The van der Waals surface area contributed by atoms with Crippen LogP contribution in [0.15, 0.2) is 88.5 Å². The average molecular weight is 517 g/mol. The van der Waals surface area contributed by atoms with Crippen LogP contribution in [0.4, 0.5) is 0 Å². The molecule has 188 valence electrons. The summed E-state index contributed by atoms with van der Waals surface area (Å²) in [6, 6.07) is 24.3. The van der Waals surface area contributed by atoms with Gasteiger partial charge in [0.1, 0.15) is 11.5 Å². The number of aromatic nitrogens is 4. The second-order valence-electron chi connectivity index (χ2n) is 8.58. The molecule has 0 aliphatic carbocycles. The Morgan fingerprint density at radius 1 is 0.676 bits per heavy atom. The predicted octanol–water partition coefficient (Wildman–Crippen LogP) is 4.18.